The summed E-state index contributed by atoms with van der Waals surface area (Å²) in [6.45, 7) is 0. The van der Waals surface area contributed by atoms with E-state index in [9.17, 15) is 0 Å². The van der Waals surface area contributed by atoms with Crippen LogP contribution in [0.5, 0.6) is 0 Å². The summed E-state index contributed by atoms with van der Waals surface area (Å²) in [4.78, 5) is 0. The molecule has 100 valence electrons. The Labute approximate surface area is 113 Å². The van der Waals surface area contributed by atoms with Crippen molar-refractivity contribution in [1.82, 2.24) is 0 Å². The molecule has 3 fully saturated rings. The van der Waals surface area contributed by atoms with Crippen LogP contribution in [0.25, 0.3) is 0 Å². The van der Waals surface area contributed by atoms with Crippen molar-refractivity contribution in [3.8, 4) is 0 Å². The maximum Gasteiger partial charge on any atom is 0.0699 e. The summed E-state index contributed by atoms with van der Waals surface area (Å²) in [5.74, 6) is 3.60. The maximum atomic E-state index is 6.48. The molecule has 0 aromatic carbocycles. The Balaban J connectivity index is 1.55. The van der Waals surface area contributed by atoms with Crippen LogP contribution in [0.4, 0.5) is 0 Å². The van der Waals surface area contributed by atoms with Crippen molar-refractivity contribution in [3.05, 3.63) is 0 Å². The predicted molar refractivity (Wildman–Crippen MR) is 76.4 cm³/mol. The normalized spacial score (nSPS) is 53.1. The highest BCUT2D eigenvalue weighted by atomic mass is 14.8. The van der Waals surface area contributed by atoms with E-state index in [1.54, 1.807) is 0 Å². The standard InChI is InChI=1S/C15H27BN2/c16-11-3-1-2-9(6-11)12-5-4-10(7-14(12)17)13-8-15(13)18/h9-15H,1-8,17-18H2. The quantitative estimate of drug-likeness (QED) is 0.734. The lowest BCUT2D eigenvalue weighted by Gasteiger charge is -2.41. The van der Waals surface area contributed by atoms with E-state index in [-0.39, 0.29) is 0 Å². The van der Waals surface area contributed by atoms with E-state index in [2.05, 4.69) is 0 Å². The Bertz CT molecular complexity index is 296. The third-order valence-corrected chi connectivity index (χ3v) is 5.85. The lowest BCUT2D eigenvalue weighted by Crippen LogP contribution is -2.42. The Morgan fingerprint density at radius 1 is 0.722 bits per heavy atom. The maximum absolute atomic E-state index is 6.48. The van der Waals surface area contributed by atoms with Gasteiger partial charge in [0.1, 0.15) is 0 Å². The Hall–Kier alpha value is -0.0151. The van der Waals surface area contributed by atoms with Crippen molar-refractivity contribution >= 4 is 7.85 Å². The largest absolute Gasteiger partial charge is 0.327 e. The molecule has 0 aromatic heterocycles. The Kier molecular flexibility index (Phi) is 3.73. The van der Waals surface area contributed by atoms with E-state index in [1.807, 2.05) is 0 Å². The first-order chi connectivity index (χ1) is 8.65. The van der Waals surface area contributed by atoms with Gasteiger partial charge >= 0.3 is 0 Å². The van der Waals surface area contributed by atoms with Crippen LogP contribution >= 0.6 is 0 Å². The summed E-state index contributed by atoms with van der Waals surface area (Å²) < 4.78 is 0. The third kappa shape index (κ3) is 2.62. The predicted octanol–water partition coefficient (Wildman–Crippen LogP) is 2.22. The number of hydrogen-bond donors (Lipinski definition) is 2. The molecular formula is C15H27BN2. The average Bonchev–Trinajstić information content (AvgIpc) is 3.06. The van der Waals surface area contributed by atoms with Gasteiger partial charge in [-0.25, -0.2) is 0 Å². The molecule has 0 spiro atoms. The second kappa shape index (κ2) is 5.17. The van der Waals surface area contributed by atoms with Crippen molar-refractivity contribution in [1.29, 1.82) is 0 Å². The molecule has 0 amide bonds. The van der Waals surface area contributed by atoms with E-state index in [0.717, 1.165) is 23.7 Å². The van der Waals surface area contributed by atoms with Gasteiger partial charge in [-0.3, -0.25) is 0 Å². The highest BCUT2D eigenvalue weighted by molar-refractivity contribution is 6.11. The number of hydrogen-bond acceptors (Lipinski definition) is 2. The average molecular weight is 246 g/mol. The highest BCUT2D eigenvalue weighted by Crippen LogP contribution is 2.47. The van der Waals surface area contributed by atoms with E-state index >= 15 is 0 Å². The Morgan fingerprint density at radius 2 is 1.44 bits per heavy atom. The van der Waals surface area contributed by atoms with Crippen LogP contribution in [-0.2, 0) is 0 Å². The SMILES string of the molecule is [B]C1CCCC(C2CCC(C3CC3N)CC2N)C1. The summed E-state index contributed by atoms with van der Waals surface area (Å²) in [6.07, 6.45) is 10.3. The topological polar surface area (TPSA) is 52.0 Å². The lowest BCUT2D eigenvalue weighted by atomic mass is 9.63. The van der Waals surface area contributed by atoms with Gasteiger partial charge in [0.15, 0.2) is 0 Å². The molecule has 0 saturated heterocycles. The van der Waals surface area contributed by atoms with Gasteiger partial charge in [-0.15, -0.1) is 0 Å². The monoisotopic (exact) mass is 246 g/mol. The minimum absolute atomic E-state index is 0.409. The fourth-order valence-corrected chi connectivity index (χ4v) is 4.67. The summed E-state index contributed by atoms with van der Waals surface area (Å²) in [5.41, 5.74) is 12.5. The highest BCUT2D eigenvalue weighted by Gasteiger charge is 2.44. The summed E-state index contributed by atoms with van der Waals surface area (Å²) in [7, 11) is 6.12. The minimum Gasteiger partial charge on any atom is -0.327 e. The summed E-state index contributed by atoms with van der Waals surface area (Å²) in [6, 6.07) is 0.897. The summed E-state index contributed by atoms with van der Waals surface area (Å²) in [5, 5.41) is 0. The van der Waals surface area contributed by atoms with Gasteiger partial charge in [-0.2, -0.15) is 0 Å². The number of rotatable bonds is 2. The molecule has 0 aliphatic heterocycles. The van der Waals surface area contributed by atoms with Crippen LogP contribution in [-0.4, -0.2) is 19.9 Å². The zero-order valence-corrected chi connectivity index (χ0v) is 11.4. The molecule has 7 atom stereocenters. The van der Waals surface area contributed by atoms with Crippen LogP contribution < -0.4 is 11.5 Å². The van der Waals surface area contributed by atoms with Gasteiger partial charge in [0.25, 0.3) is 0 Å². The second-order valence-corrected chi connectivity index (χ2v) is 7.15. The first-order valence-corrected chi connectivity index (χ1v) is 7.92. The molecule has 2 radical (unpaired) electrons. The van der Waals surface area contributed by atoms with Crippen molar-refractivity contribution in [3.63, 3.8) is 0 Å². The molecule has 3 aliphatic rings. The van der Waals surface area contributed by atoms with Gasteiger partial charge in [0.05, 0.1) is 7.85 Å². The van der Waals surface area contributed by atoms with E-state index in [1.165, 1.54) is 51.4 Å². The van der Waals surface area contributed by atoms with Crippen LogP contribution in [0.1, 0.15) is 51.4 Å². The Morgan fingerprint density at radius 3 is 2.06 bits per heavy atom. The molecular weight excluding hydrogens is 219 g/mol. The minimum atomic E-state index is 0.409. The molecule has 4 N–H and O–H groups in total. The van der Waals surface area contributed by atoms with Gasteiger partial charge in [0.2, 0.25) is 0 Å². The fraction of sp³-hybridized carbons (Fsp3) is 1.00. The zero-order valence-electron chi connectivity index (χ0n) is 11.4. The van der Waals surface area contributed by atoms with Crippen LogP contribution in [0.2, 0.25) is 5.82 Å². The van der Waals surface area contributed by atoms with Gasteiger partial charge in [-0.05, 0) is 49.4 Å². The fourth-order valence-electron chi connectivity index (χ4n) is 4.67. The second-order valence-electron chi connectivity index (χ2n) is 7.15. The molecule has 0 heterocycles. The van der Waals surface area contributed by atoms with Crippen LogP contribution in [0.15, 0.2) is 0 Å². The molecule has 3 aliphatic carbocycles. The zero-order chi connectivity index (χ0) is 12.7. The van der Waals surface area contributed by atoms with Crippen molar-refractivity contribution in [2.24, 2.45) is 35.1 Å². The van der Waals surface area contributed by atoms with Crippen LogP contribution in [0, 0.1) is 23.7 Å². The van der Waals surface area contributed by atoms with E-state index < -0.39 is 0 Å². The smallest absolute Gasteiger partial charge is 0.0699 e. The first-order valence-electron chi connectivity index (χ1n) is 7.92. The van der Waals surface area contributed by atoms with Crippen LogP contribution in [0.3, 0.4) is 0 Å². The van der Waals surface area contributed by atoms with Crippen molar-refractivity contribution in [2.75, 3.05) is 0 Å². The van der Waals surface area contributed by atoms with Crippen molar-refractivity contribution in [2.45, 2.75) is 69.3 Å². The van der Waals surface area contributed by atoms with E-state index in [4.69, 9.17) is 19.3 Å². The molecule has 3 rings (SSSR count). The molecule has 2 nitrogen and oxygen atoms in total. The van der Waals surface area contributed by atoms with E-state index in [0.29, 0.717) is 17.9 Å². The third-order valence-electron chi connectivity index (χ3n) is 5.85. The molecule has 0 aromatic rings. The molecule has 18 heavy (non-hydrogen) atoms. The number of nitrogens with two attached hydrogens (primary N) is 2. The lowest BCUT2D eigenvalue weighted by molar-refractivity contribution is 0.134. The van der Waals surface area contributed by atoms with Gasteiger partial charge in [-0.1, -0.05) is 31.5 Å². The summed E-state index contributed by atoms with van der Waals surface area (Å²) >= 11 is 0. The molecule has 7 unspecified atom stereocenters. The van der Waals surface area contributed by atoms with Crippen molar-refractivity contribution < 1.29 is 0 Å². The van der Waals surface area contributed by atoms with Gasteiger partial charge < -0.3 is 11.5 Å². The molecule has 3 saturated carbocycles. The first kappa shape index (κ1) is 13.0. The molecule has 0 bridgehead atoms. The van der Waals surface area contributed by atoms with Gasteiger partial charge in [0, 0.05) is 12.1 Å². The molecule has 3 heteroatoms.